The molecule has 1 aliphatic rings. The van der Waals surface area contributed by atoms with E-state index in [-0.39, 0.29) is 17.9 Å². The highest BCUT2D eigenvalue weighted by Gasteiger charge is 2.18. The van der Waals surface area contributed by atoms with Crippen LogP contribution in [-0.2, 0) is 4.79 Å². The minimum atomic E-state index is -0.218. The van der Waals surface area contributed by atoms with Gasteiger partial charge in [0.05, 0.1) is 11.7 Å². The van der Waals surface area contributed by atoms with Gasteiger partial charge in [-0.3, -0.25) is 9.59 Å². The molecule has 1 aromatic rings. The number of benzene rings is 1. The van der Waals surface area contributed by atoms with E-state index in [1.807, 2.05) is 18.7 Å². The van der Waals surface area contributed by atoms with Crippen LogP contribution in [0.25, 0.3) is 0 Å². The molecule has 6 heteroatoms. The largest absolute Gasteiger partial charge is 0.490 e. The lowest BCUT2D eigenvalue weighted by Crippen LogP contribution is -2.37. The molecule has 0 spiro atoms. The average molecular weight is 397 g/mol. The Morgan fingerprint density at radius 2 is 1.96 bits per heavy atom. The van der Waals surface area contributed by atoms with Gasteiger partial charge < -0.3 is 15.0 Å². The van der Waals surface area contributed by atoms with E-state index in [1.54, 1.807) is 18.2 Å². The Kier molecular flexibility index (Phi) is 7.09. The third-order valence-electron chi connectivity index (χ3n) is 3.88. The van der Waals surface area contributed by atoms with Crippen molar-refractivity contribution in [3.05, 3.63) is 28.2 Å². The number of hydrogen-bond donors (Lipinski definition) is 1. The summed E-state index contributed by atoms with van der Waals surface area (Å²) in [4.78, 5) is 26.4. The summed E-state index contributed by atoms with van der Waals surface area (Å²) in [6, 6.07) is 5.32. The second-order valence-electron chi connectivity index (χ2n) is 6.25. The summed E-state index contributed by atoms with van der Waals surface area (Å²) in [7, 11) is 0. The Morgan fingerprint density at radius 1 is 1.25 bits per heavy atom. The predicted molar refractivity (Wildman–Crippen MR) is 97.3 cm³/mol. The second kappa shape index (κ2) is 9.06. The van der Waals surface area contributed by atoms with Crippen molar-refractivity contribution in [1.82, 2.24) is 10.2 Å². The smallest absolute Gasteiger partial charge is 0.255 e. The average Bonchev–Trinajstić information content (AvgIpc) is 2.55. The lowest BCUT2D eigenvalue weighted by molar-refractivity contribution is -0.131. The van der Waals surface area contributed by atoms with Crippen LogP contribution in [0.3, 0.4) is 0 Å². The SMILES string of the molecule is CC(C)Oc1cc(Br)ccc1C(=O)NCCC(=O)N1CCCCC1. The summed E-state index contributed by atoms with van der Waals surface area (Å²) in [5, 5.41) is 2.82. The van der Waals surface area contributed by atoms with Crippen LogP contribution >= 0.6 is 15.9 Å². The summed E-state index contributed by atoms with van der Waals surface area (Å²) in [6.07, 6.45) is 3.66. The Hall–Kier alpha value is -1.56. The Balaban J connectivity index is 1.89. The van der Waals surface area contributed by atoms with Crippen molar-refractivity contribution in [2.24, 2.45) is 0 Å². The number of piperidine rings is 1. The van der Waals surface area contributed by atoms with E-state index in [2.05, 4.69) is 21.2 Å². The van der Waals surface area contributed by atoms with Gasteiger partial charge in [0, 0.05) is 30.5 Å². The van der Waals surface area contributed by atoms with Crippen molar-refractivity contribution in [1.29, 1.82) is 0 Å². The minimum Gasteiger partial charge on any atom is -0.490 e. The molecule has 5 nitrogen and oxygen atoms in total. The van der Waals surface area contributed by atoms with Crippen molar-refractivity contribution >= 4 is 27.7 Å². The maximum Gasteiger partial charge on any atom is 0.255 e. The molecule has 1 aromatic carbocycles. The summed E-state index contributed by atoms with van der Waals surface area (Å²) in [5.74, 6) is 0.438. The van der Waals surface area contributed by atoms with Crippen LogP contribution in [0.4, 0.5) is 0 Å². The molecular weight excluding hydrogens is 372 g/mol. The van der Waals surface area contributed by atoms with Gasteiger partial charge in [-0.25, -0.2) is 0 Å². The van der Waals surface area contributed by atoms with Crippen molar-refractivity contribution in [2.45, 2.75) is 45.6 Å². The first-order valence-corrected chi connectivity index (χ1v) is 9.29. The van der Waals surface area contributed by atoms with Crippen LogP contribution in [0, 0.1) is 0 Å². The van der Waals surface area contributed by atoms with Gasteiger partial charge in [-0.1, -0.05) is 15.9 Å². The molecule has 132 valence electrons. The monoisotopic (exact) mass is 396 g/mol. The third kappa shape index (κ3) is 5.51. The standard InChI is InChI=1S/C18H25BrN2O3/c1-13(2)24-16-12-14(19)6-7-15(16)18(23)20-9-8-17(22)21-10-4-3-5-11-21/h6-7,12-13H,3-5,8-11H2,1-2H3,(H,20,23). The molecule has 0 aromatic heterocycles. The molecular formula is C18H25BrN2O3. The second-order valence-corrected chi connectivity index (χ2v) is 7.17. The highest BCUT2D eigenvalue weighted by Crippen LogP contribution is 2.24. The molecule has 0 bridgehead atoms. The van der Waals surface area contributed by atoms with Gasteiger partial charge in [0.1, 0.15) is 5.75 Å². The fourth-order valence-electron chi connectivity index (χ4n) is 2.71. The molecule has 0 atom stereocenters. The molecule has 0 radical (unpaired) electrons. The molecule has 0 saturated carbocycles. The molecule has 1 aliphatic heterocycles. The highest BCUT2D eigenvalue weighted by atomic mass is 79.9. The molecule has 1 heterocycles. The molecule has 1 saturated heterocycles. The van der Waals surface area contributed by atoms with Crippen molar-refractivity contribution in [3.8, 4) is 5.75 Å². The highest BCUT2D eigenvalue weighted by molar-refractivity contribution is 9.10. The zero-order chi connectivity index (χ0) is 17.5. The van der Waals surface area contributed by atoms with Crippen LogP contribution in [0.2, 0.25) is 0 Å². The lowest BCUT2D eigenvalue weighted by Gasteiger charge is -2.26. The number of likely N-dealkylation sites (tertiary alicyclic amines) is 1. The zero-order valence-electron chi connectivity index (χ0n) is 14.3. The van der Waals surface area contributed by atoms with Crippen LogP contribution < -0.4 is 10.1 Å². The zero-order valence-corrected chi connectivity index (χ0v) is 15.9. The first-order valence-electron chi connectivity index (χ1n) is 8.49. The Morgan fingerprint density at radius 3 is 2.62 bits per heavy atom. The van der Waals surface area contributed by atoms with Crippen LogP contribution in [0.15, 0.2) is 22.7 Å². The van der Waals surface area contributed by atoms with E-state index in [4.69, 9.17) is 4.74 Å². The molecule has 1 N–H and O–H groups in total. The minimum absolute atomic E-state index is 0.0217. The van der Waals surface area contributed by atoms with E-state index < -0.39 is 0 Å². The number of hydrogen-bond acceptors (Lipinski definition) is 3. The van der Waals surface area contributed by atoms with Gasteiger partial charge >= 0.3 is 0 Å². The maximum atomic E-state index is 12.4. The van der Waals surface area contributed by atoms with Crippen molar-refractivity contribution < 1.29 is 14.3 Å². The van der Waals surface area contributed by atoms with Gasteiger partial charge in [0.2, 0.25) is 5.91 Å². The van der Waals surface area contributed by atoms with Gasteiger partial charge in [-0.2, -0.15) is 0 Å². The van der Waals surface area contributed by atoms with Crippen LogP contribution in [0.5, 0.6) is 5.75 Å². The van der Waals surface area contributed by atoms with Gasteiger partial charge in [-0.15, -0.1) is 0 Å². The number of amides is 2. The molecule has 2 rings (SSSR count). The quantitative estimate of drug-likeness (QED) is 0.801. The topological polar surface area (TPSA) is 58.6 Å². The Bertz CT molecular complexity index is 584. The van der Waals surface area contributed by atoms with Gasteiger partial charge in [0.15, 0.2) is 0 Å². The fourth-order valence-corrected chi connectivity index (χ4v) is 3.05. The van der Waals surface area contributed by atoms with Gasteiger partial charge in [0.25, 0.3) is 5.91 Å². The van der Waals surface area contributed by atoms with Crippen LogP contribution in [0.1, 0.15) is 49.9 Å². The summed E-state index contributed by atoms with van der Waals surface area (Å²) in [6.45, 7) is 5.85. The van der Waals surface area contributed by atoms with Crippen molar-refractivity contribution in [2.75, 3.05) is 19.6 Å². The summed E-state index contributed by atoms with van der Waals surface area (Å²) in [5.41, 5.74) is 0.484. The molecule has 2 amide bonds. The third-order valence-corrected chi connectivity index (χ3v) is 4.38. The predicted octanol–water partition coefficient (Wildman–Crippen LogP) is 3.37. The molecule has 1 fully saturated rings. The molecule has 24 heavy (non-hydrogen) atoms. The summed E-state index contributed by atoms with van der Waals surface area (Å²) < 4.78 is 6.56. The fraction of sp³-hybridized carbons (Fsp3) is 0.556. The van der Waals surface area contributed by atoms with E-state index in [0.29, 0.717) is 24.3 Å². The number of rotatable bonds is 6. The lowest BCUT2D eigenvalue weighted by atomic mass is 10.1. The number of carbonyl (C=O) groups excluding carboxylic acids is 2. The normalized spacial score (nSPS) is 14.6. The van der Waals surface area contributed by atoms with E-state index in [1.165, 1.54) is 6.42 Å². The van der Waals surface area contributed by atoms with E-state index in [0.717, 1.165) is 30.4 Å². The van der Waals surface area contributed by atoms with Crippen molar-refractivity contribution in [3.63, 3.8) is 0 Å². The number of carbonyl (C=O) groups is 2. The van der Waals surface area contributed by atoms with Crippen LogP contribution in [-0.4, -0.2) is 42.5 Å². The van der Waals surface area contributed by atoms with E-state index >= 15 is 0 Å². The summed E-state index contributed by atoms with van der Waals surface area (Å²) >= 11 is 3.39. The first kappa shape index (κ1) is 18.8. The van der Waals surface area contributed by atoms with Gasteiger partial charge in [-0.05, 0) is 51.3 Å². The molecule has 0 unspecified atom stereocenters. The number of nitrogens with zero attached hydrogens (tertiary/aromatic N) is 1. The maximum absolute atomic E-state index is 12.4. The number of halogens is 1. The van der Waals surface area contributed by atoms with E-state index in [9.17, 15) is 9.59 Å². The Labute approximate surface area is 151 Å². The number of nitrogens with one attached hydrogen (secondary N) is 1. The first-order chi connectivity index (χ1) is 11.5. The number of ether oxygens (including phenoxy) is 1. The molecule has 0 aliphatic carbocycles.